The van der Waals surface area contributed by atoms with Crippen molar-refractivity contribution in [2.45, 2.75) is 25.8 Å². The van der Waals surface area contributed by atoms with Crippen LogP contribution in [-0.4, -0.2) is 46.6 Å². The summed E-state index contributed by atoms with van der Waals surface area (Å²) in [6.07, 6.45) is 4.67. The summed E-state index contributed by atoms with van der Waals surface area (Å²) < 4.78 is 25.2. The molecule has 1 aromatic rings. The third kappa shape index (κ3) is 2.25. The average molecular weight is 244 g/mol. The highest BCUT2D eigenvalue weighted by molar-refractivity contribution is 7.89. The summed E-state index contributed by atoms with van der Waals surface area (Å²) in [5, 5.41) is 8.09. The molecule has 0 spiro atoms. The number of rotatable bonds is 4. The highest BCUT2D eigenvalue weighted by Gasteiger charge is 2.32. The summed E-state index contributed by atoms with van der Waals surface area (Å²) in [4.78, 5) is 1.60. The van der Waals surface area contributed by atoms with E-state index in [0.717, 1.165) is 6.42 Å². The van der Waals surface area contributed by atoms with Crippen molar-refractivity contribution >= 4 is 10.0 Å². The van der Waals surface area contributed by atoms with Crippen LogP contribution in [0.1, 0.15) is 25.8 Å². The molecule has 2 heterocycles. The van der Waals surface area contributed by atoms with E-state index in [1.165, 1.54) is 0 Å². The van der Waals surface area contributed by atoms with Crippen LogP contribution < -0.4 is 0 Å². The van der Waals surface area contributed by atoms with E-state index >= 15 is 0 Å². The summed E-state index contributed by atoms with van der Waals surface area (Å²) in [5.41, 5.74) is 0. The first-order valence-corrected chi connectivity index (χ1v) is 7.08. The first-order valence-electron chi connectivity index (χ1n) is 5.47. The predicted molar refractivity (Wildman–Crippen MR) is 59.3 cm³/mol. The topological polar surface area (TPSA) is 68.1 Å². The average Bonchev–Trinajstić information content (AvgIpc) is 2.89. The Kier molecular flexibility index (Phi) is 3.25. The fourth-order valence-corrected chi connectivity index (χ4v) is 3.51. The van der Waals surface area contributed by atoms with Crippen LogP contribution in [0, 0.1) is 0 Å². The SMILES string of the molecule is CCCS(=O)(=O)N1CCC(n2nccn2)C1. The van der Waals surface area contributed by atoms with Crippen molar-refractivity contribution in [3.8, 4) is 0 Å². The molecule has 6 nitrogen and oxygen atoms in total. The van der Waals surface area contributed by atoms with Gasteiger partial charge in [0.25, 0.3) is 0 Å². The lowest BCUT2D eigenvalue weighted by atomic mass is 10.3. The maximum absolute atomic E-state index is 11.8. The zero-order valence-corrected chi connectivity index (χ0v) is 10.1. The molecule has 16 heavy (non-hydrogen) atoms. The molecule has 0 radical (unpaired) electrons. The lowest BCUT2D eigenvalue weighted by Crippen LogP contribution is -2.31. The molecule has 7 heteroatoms. The Hall–Kier alpha value is -0.950. The molecule has 1 atom stereocenters. The fraction of sp³-hybridized carbons (Fsp3) is 0.778. The zero-order chi connectivity index (χ0) is 11.6. The third-order valence-electron chi connectivity index (χ3n) is 2.74. The largest absolute Gasteiger partial charge is 0.214 e. The van der Waals surface area contributed by atoms with E-state index in [2.05, 4.69) is 10.2 Å². The normalized spacial score (nSPS) is 22.7. The van der Waals surface area contributed by atoms with Crippen molar-refractivity contribution in [3.05, 3.63) is 12.4 Å². The molecule has 1 aromatic heterocycles. The molecule has 1 aliphatic rings. The fourth-order valence-electron chi connectivity index (χ4n) is 1.95. The van der Waals surface area contributed by atoms with Gasteiger partial charge in [-0.25, -0.2) is 8.42 Å². The van der Waals surface area contributed by atoms with Gasteiger partial charge in [0.05, 0.1) is 24.2 Å². The Labute approximate surface area is 95.3 Å². The van der Waals surface area contributed by atoms with Crippen LogP contribution in [0.5, 0.6) is 0 Å². The molecule has 0 bridgehead atoms. The molecule has 1 fully saturated rings. The van der Waals surface area contributed by atoms with Crippen LogP contribution in [-0.2, 0) is 10.0 Å². The van der Waals surface area contributed by atoms with Gasteiger partial charge in [0.2, 0.25) is 10.0 Å². The van der Waals surface area contributed by atoms with Gasteiger partial charge in [-0.1, -0.05) is 6.92 Å². The summed E-state index contributed by atoms with van der Waals surface area (Å²) in [6.45, 7) is 2.95. The lowest BCUT2D eigenvalue weighted by Gasteiger charge is -2.15. The summed E-state index contributed by atoms with van der Waals surface area (Å²) in [7, 11) is -3.07. The van der Waals surface area contributed by atoms with E-state index in [0.29, 0.717) is 19.5 Å². The van der Waals surface area contributed by atoms with Gasteiger partial charge in [-0.3, -0.25) is 0 Å². The first kappa shape index (κ1) is 11.5. The number of aromatic nitrogens is 3. The Morgan fingerprint density at radius 3 is 2.69 bits per heavy atom. The summed E-state index contributed by atoms with van der Waals surface area (Å²) >= 11 is 0. The van der Waals surface area contributed by atoms with Crippen molar-refractivity contribution < 1.29 is 8.42 Å². The minimum absolute atomic E-state index is 0.0848. The van der Waals surface area contributed by atoms with E-state index < -0.39 is 10.0 Å². The molecular weight excluding hydrogens is 228 g/mol. The summed E-state index contributed by atoms with van der Waals surface area (Å²) in [6, 6.07) is 0.0848. The first-order chi connectivity index (χ1) is 7.63. The standard InChI is InChI=1S/C9H16N4O2S/c1-2-7-16(14,15)12-6-3-9(8-12)13-10-4-5-11-13/h4-5,9H,2-3,6-8H2,1H3. The van der Waals surface area contributed by atoms with Crippen molar-refractivity contribution in [1.29, 1.82) is 0 Å². The van der Waals surface area contributed by atoms with Crippen LogP contribution in [0.2, 0.25) is 0 Å². The van der Waals surface area contributed by atoms with Gasteiger partial charge < -0.3 is 0 Å². The van der Waals surface area contributed by atoms with Gasteiger partial charge in [0.15, 0.2) is 0 Å². The highest BCUT2D eigenvalue weighted by Crippen LogP contribution is 2.22. The van der Waals surface area contributed by atoms with Crippen LogP contribution in [0.3, 0.4) is 0 Å². The quantitative estimate of drug-likeness (QED) is 0.762. The minimum Gasteiger partial charge on any atom is -0.212 e. The number of sulfonamides is 1. The van der Waals surface area contributed by atoms with E-state index in [1.807, 2.05) is 6.92 Å². The monoisotopic (exact) mass is 244 g/mol. The second kappa shape index (κ2) is 4.50. The smallest absolute Gasteiger partial charge is 0.212 e. The second-order valence-electron chi connectivity index (χ2n) is 3.97. The van der Waals surface area contributed by atoms with Crippen molar-refractivity contribution in [1.82, 2.24) is 19.3 Å². The molecule has 1 aliphatic heterocycles. The molecule has 90 valence electrons. The van der Waals surface area contributed by atoms with Crippen LogP contribution in [0.15, 0.2) is 12.4 Å². The molecule has 0 aliphatic carbocycles. The summed E-state index contributed by atoms with van der Waals surface area (Å²) in [5.74, 6) is 0.228. The van der Waals surface area contributed by atoms with Crippen molar-refractivity contribution in [2.75, 3.05) is 18.8 Å². The van der Waals surface area contributed by atoms with E-state index in [-0.39, 0.29) is 11.8 Å². The molecule has 0 saturated carbocycles. The van der Waals surface area contributed by atoms with Gasteiger partial charge >= 0.3 is 0 Å². The predicted octanol–water partition coefficient (Wildman–Crippen LogP) is 0.265. The van der Waals surface area contributed by atoms with E-state index in [4.69, 9.17) is 0 Å². The number of hydrogen-bond donors (Lipinski definition) is 0. The van der Waals surface area contributed by atoms with Crippen LogP contribution >= 0.6 is 0 Å². The van der Waals surface area contributed by atoms with Crippen LogP contribution in [0.4, 0.5) is 0 Å². The minimum atomic E-state index is -3.07. The van der Waals surface area contributed by atoms with Crippen LogP contribution in [0.25, 0.3) is 0 Å². The van der Waals surface area contributed by atoms with E-state index in [1.54, 1.807) is 21.5 Å². The second-order valence-corrected chi connectivity index (χ2v) is 6.05. The van der Waals surface area contributed by atoms with Gasteiger partial charge in [0.1, 0.15) is 0 Å². The number of nitrogens with zero attached hydrogens (tertiary/aromatic N) is 4. The van der Waals surface area contributed by atoms with E-state index in [9.17, 15) is 8.42 Å². The maximum atomic E-state index is 11.8. The number of hydrogen-bond acceptors (Lipinski definition) is 4. The molecule has 1 unspecified atom stereocenters. The van der Waals surface area contributed by atoms with Gasteiger partial charge in [-0.05, 0) is 12.8 Å². The van der Waals surface area contributed by atoms with Gasteiger partial charge in [0, 0.05) is 13.1 Å². The van der Waals surface area contributed by atoms with Crippen molar-refractivity contribution in [3.63, 3.8) is 0 Å². The van der Waals surface area contributed by atoms with Gasteiger partial charge in [-0.15, -0.1) is 0 Å². The Bertz CT molecular complexity index is 428. The Morgan fingerprint density at radius 1 is 1.38 bits per heavy atom. The lowest BCUT2D eigenvalue weighted by molar-refractivity contribution is 0.402. The molecule has 1 saturated heterocycles. The molecule has 2 rings (SSSR count). The zero-order valence-electron chi connectivity index (χ0n) is 9.28. The maximum Gasteiger partial charge on any atom is 0.214 e. The molecular formula is C9H16N4O2S. The molecule has 0 amide bonds. The highest BCUT2D eigenvalue weighted by atomic mass is 32.2. The van der Waals surface area contributed by atoms with Gasteiger partial charge in [-0.2, -0.15) is 19.3 Å². The third-order valence-corrected chi connectivity index (χ3v) is 4.79. The molecule has 0 N–H and O–H groups in total. The Balaban J connectivity index is 2.04. The molecule has 0 aromatic carbocycles. The Morgan fingerprint density at radius 2 is 2.06 bits per heavy atom. The van der Waals surface area contributed by atoms with Crippen molar-refractivity contribution in [2.24, 2.45) is 0 Å².